The van der Waals surface area contributed by atoms with Crippen molar-refractivity contribution in [3.8, 4) is 0 Å². The Bertz CT molecular complexity index is 330. The number of urea groups is 1. The van der Waals surface area contributed by atoms with Gasteiger partial charge in [0.25, 0.3) is 0 Å². The van der Waals surface area contributed by atoms with E-state index in [1.807, 2.05) is 6.92 Å². The van der Waals surface area contributed by atoms with Crippen molar-refractivity contribution in [3.63, 3.8) is 0 Å². The smallest absolute Gasteiger partial charge is 0.317 e. The van der Waals surface area contributed by atoms with Crippen molar-refractivity contribution in [1.29, 1.82) is 0 Å². The van der Waals surface area contributed by atoms with E-state index in [1.165, 1.54) is 0 Å². The van der Waals surface area contributed by atoms with Crippen LogP contribution in [0.25, 0.3) is 0 Å². The van der Waals surface area contributed by atoms with Gasteiger partial charge < -0.3 is 20.4 Å². The number of nitrogens with zero attached hydrogens (tertiary/aromatic N) is 1. The zero-order chi connectivity index (χ0) is 13.9. The summed E-state index contributed by atoms with van der Waals surface area (Å²) in [6, 6.07) is -0.264. The summed E-state index contributed by atoms with van der Waals surface area (Å²) in [6.07, 6.45) is 0.0830. The number of carbonyl (C=O) groups is 2. The van der Waals surface area contributed by atoms with Crippen LogP contribution in [-0.2, 0) is 4.79 Å². The molecule has 0 saturated carbocycles. The van der Waals surface area contributed by atoms with Crippen LogP contribution in [0.2, 0.25) is 0 Å². The molecule has 0 aromatic heterocycles. The lowest BCUT2D eigenvalue weighted by Crippen LogP contribution is -2.54. The average Bonchev–Trinajstić information content (AvgIpc) is 2.19. The van der Waals surface area contributed by atoms with Gasteiger partial charge in [-0.1, -0.05) is 6.92 Å². The maximum Gasteiger partial charge on any atom is 0.317 e. The fourth-order valence-corrected chi connectivity index (χ4v) is 2.11. The molecule has 0 aliphatic carbocycles. The van der Waals surface area contributed by atoms with Crippen molar-refractivity contribution >= 4 is 12.0 Å². The van der Waals surface area contributed by atoms with Gasteiger partial charge in [0.2, 0.25) is 0 Å². The molecule has 3 N–H and O–H groups in total. The first-order valence-electron chi connectivity index (χ1n) is 6.18. The predicted octanol–water partition coefficient (Wildman–Crippen LogP) is 0.652. The number of aliphatic hydroxyl groups excluding tert-OH is 1. The lowest BCUT2D eigenvalue weighted by atomic mass is 9.96. The van der Waals surface area contributed by atoms with Gasteiger partial charge in [0.15, 0.2) is 0 Å². The molecule has 104 valence electrons. The van der Waals surface area contributed by atoms with Crippen LogP contribution in [0.15, 0.2) is 0 Å². The third-order valence-corrected chi connectivity index (χ3v) is 3.19. The van der Waals surface area contributed by atoms with Gasteiger partial charge in [0, 0.05) is 18.6 Å². The Morgan fingerprint density at radius 1 is 1.44 bits per heavy atom. The standard InChI is InChI=1S/C12H22N2O4/c1-8-7-14(5-4-9(8)15)11(18)13-12(2,3)6-10(16)17/h8-9,15H,4-7H2,1-3H3,(H,13,18)(H,16,17). The van der Waals surface area contributed by atoms with Crippen LogP contribution in [0, 0.1) is 5.92 Å². The van der Waals surface area contributed by atoms with Gasteiger partial charge in [0.1, 0.15) is 0 Å². The van der Waals surface area contributed by atoms with E-state index in [2.05, 4.69) is 5.32 Å². The monoisotopic (exact) mass is 258 g/mol. The SMILES string of the molecule is CC1CN(C(=O)NC(C)(C)CC(=O)O)CCC1O. The molecule has 6 nitrogen and oxygen atoms in total. The molecular formula is C12H22N2O4. The van der Waals surface area contributed by atoms with E-state index in [-0.39, 0.29) is 24.5 Å². The summed E-state index contributed by atoms with van der Waals surface area (Å²) in [5.74, 6) is -0.894. The molecule has 1 heterocycles. The lowest BCUT2D eigenvalue weighted by molar-refractivity contribution is -0.138. The molecule has 2 unspecified atom stereocenters. The number of hydrogen-bond acceptors (Lipinski definition) is 3. The second-order valence-corrected chi connectivity index (χ2v) is 5.66. The summed E-state index contributed by atoms with van der Waals surface area (Å²) in [5.41, 5.74) is -0.776. The molecule has 1 rings (SSSR count). The van der Waals surface area contributed by atoms with Crippen LogP contribution in [0.4, 0.5) is 4.79 Å². The van der Waals surface area contributed by atoms with E-state index in [4.69, 9.17) is 5.11 Å². The van der Waals surface area contributed by atoms with Crippen LogP contribution >= 0.6 is 0 Å². The van der Waals surface area contributed by atoms with Gasteiger partial charge in [-0.15, -0.1) is 0 Å². The van der Waals surface area contributed by atoms with E-state index < -0.39 is 11.5 Å². The molecular weight excluding hydrogens is 236 g/mol. The Labute approximate surface area is 107 Å². The number of amides is 2. The highest BCUT2D eigenvalue weighted by molar-refractivity contribution is 5.76. The molecule has 0 aromatic rings. The van der Waals surface area contributed by atoms with Crippen LogP contribution in [-0.4, -0.2) is 51.8 Å². The van der Waals surface area contributed by atoms with Crippen molar-refractivity contribution in [2.75, 3.05) is 13.1 Å². The highest BCUT2D eigenvalue weighted by Crippen LogP contribution is 2.17. The molecule has 1 fully saturated rings. The molecule has 2 amide bonds. The fourth-order valence-electron chi connectivity index (χ4n) is 2.11. The zero-order valence-corrected chi connectivity index (χ0v) is 11.1. The summed E-state index contributed by atoms with van der Waals surface area (Å²) in [4.78, 5) is 24.3. The molecule has 1 aliphatic rings. The number of hydrogen-bond donors (Lipinski definition) is 3. The summed E-state index contributed by atoms with van der Waals surface area (Å²) in [6.45, 7) is 6.26. The van der Waals surface area contributed by atoms with Crippen LogP contribution in [0.1, 0.15) is 33.6 Å². The van der Waals surface area contributed by atoms with E-state index >= 15 is 0 Å². The highest BCUT2D eigenvalue weighted by atomic mass is 16.4. The minimum atomic E-state index is -0.942. The van der Waals surface area contributed by atoms with Gasteiger partial charge in [-0.05, 0) is 26.2 Å². The first kappa shape index (κ1) is 14.8. The number of piperidine rings is 1. The molecule has 0 bridgehead atoms. The molecule has 6 heteroatoms. The summed E-state index contributed by atoms with van der Waals surface area (Å²) in [5, 5.41) is 21.1. The quantitative estimate of drug-likeness (QED) is 0.693. The van der Waals surface area contributed by atoms with Gasteiger partial charge in [0.05, 0.1) is 12.5 Å². The summed E-state index contributed by atoms with van der Waals surface area (Å²) < 4.78 is 0. The summed E-state index contributed by atoms with van der Waals surface area (Å²) >= 11 is 0. The molecule has 0 spiro atoms. The summed E-state index contributed by atoms with van der Waals surface area (Å²) in [7, 11) is 0. The van der Waals surface area contributed by atoms with E-state index in [0.29, 0.717) is 19.5 Å². The minimum Gasteiger partial charge on any atom is -0.481 e. The third-order valence-electron chi connectivity index (χ3n) is 3.19. The molecule has 2 atom stereocenters. The Morgan fingerprint density at radius 3 is 2.56 bits per heavy atom. The van der Waals surface area contributed by atoms with Crippen molar-refractivity contribution in [2.45, 2.75) is 45.3 Å². The number of carboxylic acid groups (broad SMARTS) is 1. The second-order valence-electron chi connectivity index (χ2n) is 5.66. The first-order valence-corrected chi connectivity index (χ1v) is 6.18. The Morgan fingerprint density at radius 2 is 2.06 bits per heavy atom. The maximum atomic E-state index is 12.0. The van der Waals surface area contributed by atoms with Crippen LogP contribution < -0.4 is 5.32 Å². The van der Waals surface area contributed by atoms with Crippen molar-refractivity contribution in [1.82, 2.24) is 10.2 Å². The minimum absolute atomic E-state index is 0.0482. The predicted molar refractivity (Wildman–Crippen MR) is 66.2 cm³/mol. The van der Waals surface area contributed by atoms with Gasteiger partial charge >= 0.3 is 12.0 Å². The van der Waals surface area contributed by atoms with Crippen LogP contribution in [0.3, 0.4) is 0 Å². The van der Waals surface area contributed by atoms with E-state index in [0.717, 1.165) is 0 Å². The number of likely N-dealkylation sites (tertiary alicyclic amines) is 1. The van der Waals surface area contributed by atoms with Crippen LogP contribution in [0.5, 0.6) is 0 Å². The number of nitrogens with one attached hydrogen (secondary N) is 1. The van der Waals surface area contributed by atoms with E-state index in [1.54, 1.807) is 18.7 Å². The topological polar surface area (TPSA) is 89.9 Å². The molecule has 18 heavy (non-hydrogen) atoms. The van der Waals surface area contributed by atoms with Crippen molar-refractivity contribution < 1.29 is 19.8 Å². The largest absolute Gasteiger partial charge is 0.481 e. The molecule has 0 aromatic carbocycles. The van der Waals surface area contributed by atoms with Crippen molar-refractivity contribution in [3.05, 3.63) is 0 Å². The number of rotatable bonds is 3. The van der Waals surface area contributed by atoms with Gasteiger partial charge in [-0.3, -0.25) is 4.79 Å². The van der Waals surface area contributed by atoms with Crippen molar-refractivity contribution in [2.24, 2.45) is 5.92 Å². The average molecular weight is 258 g/mol. The highest BCUT2D eigenvalue weighted by Gasteiger charge is 2.30. The normalized spacial score (nSPS) is 24.8. The number of carboxylic acids is 1. The number of aliphatic hydroxyl groups is 1. The second kappa shape index (κ2) is 5.56. The first-order chi connectivity index (χ1) is 8.21. The van der Waals surface area contributed by atoms with Gasteiger partial charge in [-0.25, -0.2) is 4.79 Å². The molecule has 1 aliphatic heterocycles. The van der Waals surface area contributed by atoms with E-state index in [9.17, 15) is 14.7 Å². The fraction of sp³-hybridized carbons (Fsp3) is 0.833. The van der Waals surface area contributed by atoms with Gasteiger partial charge in [-0.2, -0.15) is 0 Å². The lowest BCUT2D eigenvalue weighted by Gasteiger charge is -2.36. The molecule has 0 radical (unpaired) electrons. The Kier molecular flexibility index (Phi) is 4.56. The Hall–Kier alpha value is -1.30. The number of aliphatic carboxylic acids is 1. The number of carbonyl (C=O) groups excluding carboxylic acids is 1. The Balaban J connectivity index is 2.53. The third kappa shape index (κ3) is 4.18. The maximum absolute atomic E-state index is 12.0. The molecule has 1 saturated heterocycles. The zero-order valence-electron chi connectivity index (χ0n) is 11.1.